The van der Waals surface area contributed by atoms with Crippen LogP contribution in [0.1, 0.15) is 64.2 Å². The molecular formula is C15H25NO. The minimum atomic E-state index is 0.499. The first-order chi connectivity index (χ1) is 8.34. The van der Waals surface area contributed by atoms with Gasteiger partial charge in [-0.05, 0) is 51.0 Å². The van der Waals surface area contributed by atoms with Crippen molar-refractivity contribution >= 4 is 5.78 Å². The summed E-state index contributed by atoms with van der Waals surface area (Å²) in [7, 11) is 0. The Balaban J connectivity index is 1.66. The van der Waals surface area contributed by atoms with Gasteiger partial charge in [0.25, 0.3) is 0 Å². The van der Waals surface area contributed by atoms with Crippen molar-refractivity contribution in [1.29, 1.82) is 0 Å². The number of hydrogen-bond donors (Lipinski definition) is 0. The van der Waals surface area contributed by atoms with Gasteiger partial charge in [-0.15, -0.1) is 0 Å². The van der Waals surface area contributed by atoms with Gasteiger partial charge in [0.15, 0.2) is 0 Å². The molecule has 0 radical (unpaired) electrons. The lowest BCUT2D eigenvalue weighted by Gasteiger charge is -2.48. The highest BCUT2D eigenvalue weighted by molar-refractivity contribution is 5.79. The maximum atomic E-state index is 11.4. The van der Waals surface area contributed by atoms with Crippen LogP contribution in [0.2, 0.25) is 0 Å². The Morgan fingerprint density at radius 2 is 1.59 bits per heavy atom. The molecular weight excluding hydrogens is 210 g/mol. The SMILES string of the molecule is O=C1CCC(N2CCCC3CCCCC32)CC1. The highest BCUT2D eigenvalue weighted by atomic mass is 16.1. The van der Waals surface area contributed by atoms with Gasteiger partial charge in [-0.2, -0.15) is 0 Å². The number of nitrogens with zero attached hydrogens (tertiary/aromatic N) is 1. The number of ketones is 1. The molecule has 0 spiro atoms. The summed E-state index contributed by atoms with van der Waals surface area (Å²) in [6, 6.07) is 1.61. The van der Waals surface area contributed by atoms with E-state index >= 15 is 0 Å². The van der Waals surface area contributed by atoms with Crippen LogP contribution < -0.4 is 0 Å². The molecule has 2 saturated carbocycles. The Labute approximate surface area is 105 Å². The molecule has 3 fully saturated rings. The predicted octanol–water partition coefficient (Wildman–Crippen LogP) is 3.15. The quantitative estimate of drug-likeness (QED) is 0.696. The summed E-state index contributed by atoms with van der Waals surface area (Å²) in [5.74, 6) is 1.48. The van der Waals surface area contributed by atoms with Crippen LogP contribution in [0.25, 0.3) is 0 Å². The van der Waals surface area contributed by atoms with Crippen LogP contribution in [-0.4, -0.2) is 29.3 Å². The lowest BCUT2D eigenvalue weighted by molar-refractivity contribution is -0.122. The topological polar surface area (TPSA) is 20.3 Å². The van der Waals surface area contributed by atoms with E-state index in [1.54, 1.807) is 0 Å². The number of likely N-dealkylation sites (tertiary alicyclic amines) is 1. The number of Topliss-reactive ketones (excluding diaryl/α,β-unsaturated/α-hetero) is 1. The van der Waals surface area contributed by atoms with Crippen LogP contribution in [0.4, 0.5) is 0 Å². The fraction of sp³-hybridized carbons (Fsp3) is 0.933. The van der Waals surface area contributed by atoms with Gasteiger partial charge in [0, 0.05) is 24.9 Å². The second-order valence-electron chi connectivity index (χ2n) is 6.26. The van der Waals surface area contributed by atoms with E-state index in [2.05, 4.69) is 4.90 Å². The fourth-order valence-corrected chi connectivity index (χ4v) is 4.37. The van der Waals surface area contributed by atoms with E-state index in [9.17, 15) is 4.79 Å². The summed E-state index contributed by atoms with van der Waals surface area (Å²) in [6.45, 7) is 1.31. The minimum absolute atomic E-state index is 0.499. The number of carbonyl (C=O) groups is 1. The molecule has 0 N–H and O–H groups in total. The second kappa shape index (κ2) is 5.09. The molecule has 96 valence electrons. The van der Waals surface area contributed by atoms with E-state index in [1.807, 2.05) is 0 Å². The first-order valence-corrected chi connectivity index (χ1v) is 7.62. The molecule has 0 bridgehead atoms. The van der Waals surface area contributed by atoms with Crippen molar-refractivity contribution in [3.05, 3.63) is 0 Å². The average Bonchev–Trinajstić information content (AvgIpc) is 2.39. The molecule has 0 aromatic heterocycles. The molecule has 0 aromatic carbocycles. The predicted molar refractivity (Wildman–Crippen MR) is 68.9 cm³/mol. The third-order valence-electron chi connectivity index (χ3n) is 5.27. The molecule has 1 heterocycles. The van der Waals surface area contributed by atoms with Crippen LogP contribution >= 0.6 is 0 Å². The first-order valence-electron chi connectivity index (χ1n) is 7.62. The maximum Gasteiger partial charge on any atom is 0.133 e. The van der Waals surface area contributed by atoms with E-state index in [4.69, 9.17) is 0 Å². The Morgan fingerprint density at radius 1 is 0.882 bits per heavy atom. The van der Waals surface area contributed by atoms with Crippen LogP contribution in [0, 0.1) is 5.92 Å². The zero-order chi connectivity index (χ0) is 11.7. The summed E-state index contributed by atoms with van der Waals surface area (Å²) in [6.07, 6.45) is 12.6. The number of rotatable bonds is 1. The van der Waals surface area contributed by atoms with Crippen molar-refractivity contribution in [1.82, 2.24) is 4.90 Å². The Hall–Kier alpha value is -0.370. The Morgan fingerprint density at radius 3 is 2.41 bits per heavy atom. The van der Waals surface area contributed by atoms with E-state index in [-0.39, 0.29) is 0 Å². The lowest BCUT2D eigenvalue weighted by Crippen LogP contribution is -2.52. The van der Waals surface area contributed by atoms with Crippen molar-refractivity contribution < 1.29 is 4.79 Å². The van der Waals surface area contributed by atoms with Crippen LogP contribution in [0.3, 0.4) is 0 Å². The van der Waals surface area contributed by atoms with Crippen LogP contribution in [0.5, 0.6) is 0 Å². The van der Waals surface area contributed by atoms with Gasteiger partial charge in [0.2, 0.25) is 0 Å². The summed E-state index contributed by atoms with van der Waals surface area (Å²) in [4.78, 5) is 14.2. The molecule has 2 nitrogen and oxygen atoms in total. The number of piperidine rings is 1. The third-order valence-corrected chi connectivity index (χ3v) is 5.27. The van der Waals surface area contributed by atoms with E-state index in [0.29, 0.717) is 5.78 Å². The van der Waals surface area contributed by atoms with Gasteiger partial charge >= 0.3 is 0 Å². The normalized spacial score (nSPS) is 36.8. The molecule has 2 aliphatic carbocycles. The van der Waals surface area contributed by atoms with Crippen LogP contribution in [-0.2, 0) is 4.79 Å². The number of hydrogen-bond acceptors (Lipinski definition) is 2. The Bertz CT molecular complexity index is 277. The average molecular weight is 235 g/mol. The number of carbonyl (C=O) groups excluding carboxylic acids is 1. The fourth-order valence-electron chi connectivity index (χ4n) is 4.37. The number of fused-ring (bicyclic) bond motifs is 1. The van der Waals surface area contributed by atoms with Crippen molar-refractivity contribution in [2.75, 3.05) is 6.54 Å². The molecule has 2 heteroatoms. The minimum Gasteiger partial charge on any atom is -0.300 e. The van der Waals surface area contributed by atoms with Crippen LogP contribution in [0.15, 0.2) is 0 Å². The molecule has 0 aromatic rings. The highest BCUT2D eigenvalue weighted by Gasteiger charge is 2.37. The van der Waals surface area contributed by atoms with Gasteiger partial charge < -0.3 is 0 Å². The van der Waals surface area contributed by atoms with Gasteiger partial charge in [0.1, 0.15) is 5.78 Å². The molecule has 17 heavy (non-hydrogen) atoms. The molecule has 1 aliphatic heterocycles. The monoisotopic (exact) mass is 235 g/mol. The zero-order valence-corrected chi connectivity index (χ0v) is 10.9. The molecule has 2 atom stereocenters. The van der Waals surface area contributed by atoms with Gasteiger partial charge in [0.05, 0.1) is 0 Å². The van der Waals surface area contributed by atoms with Gasteiger partial charge in [-0.1, -0.05) is 12.8 Å². The van der Waals surface area contributed by atoms with E-state index < -0.39 is 0 Å². The molecule has 1 saturated heterocycles. The van der Waals surface area contributed by atoms with Crippen molar-refractivity contribution in [3.63, 3.8) is 0 Å². The third kappa shape index (κ3) is 2.42. The van der Waals surface area contributed by atoms with E-state index in [0.717, 1.165) is 43.7 Å². The molecule has 3 rings (SSSR count). The maximum absolute atomic E-state index is 11.4. The van der Waals surface area contributed by atoms with Gasteiger partial charge in [-0.25, -0.2) is 0 Å². The summed E-state index contributed by atoms with van der Waals surface area (Å²) in [5.41, 5.74) is 0. The first kappa shape index (κ1) is 11.7. The highest BCUT2D eigenvalue weighted by Crippen LogP contribution is 2.38. The van der Waals surface area contributed by atoms with Gasteiger partial charge in [-0.3, -0.25) is 9.69 Å². The van der Waals surface area contributed by atoms with Crippen molar-refractivity contribution in [2.24, 2.45) is 5.92 Å². The van der Waals surface area contributed by atoms with Crippen molar-refractivity contribution in [2.45, 2.75) is 76.3 Å². The zero-order valence-electron chi connectivity index (χ0n) is 10.9. The molecule has 0 amide bonds. The summed E-state index contributed by atoms with van der Waals surface area (Å²) < 4.78 is 0. The second-order valence-corrected chi connectivity index (χ2v) is 6.26. The lowest BCUT2D eigenvalue weighted by atomic mass is 9.76. The largest absolute Gasteiger partial charge is 0.300 e. The summed E-state index contributed by atoms with van der Waals surface area (Å²) >= 11 is 0. The standard InChI is InChI=1S/C15H25NO/c17-14-9-7-13(8-10-14)16-11-3-5-12-4-1-2-6-15(12)16/h12-13,15H,1-11H2. The summed E-state index contributed by atoms with van der Waals surface area (Å²) in [5, 5.41) is 0. The van der Waals surface area contributed by atoms with Crippen molar-refractivity contribution in [3.8, 4) is 0 Å². The molecule has 3 aliphatic rings. The Kier molecular flexibility index (Phi) is 3.51. The smallest absolute Gasteiger partial charge is 0.133 e. The molecule has 2 unspecified atom stereocenters. The van der Waals surface area contributed by atoms with E-state index in [1.165, 1.54) is 45.1 Å².